The van der Waals surface area contributed by atoms with Crippen molar-refractivity contribution in [1.82, 2.24) is 9.62 Å². The molecule has 0 aliphatic carbocycles. The average molecular weight is 460 g/mol. The minimum Gasteiger partial charge on any atom is -0.468 e. The first-order valence-corrected chi connectivity index (χ1v) is 12.4. The van der Waals surface area contributed by atoms with Crippen molar-refractivity contribution in [2.45, 2.75) is 78.6 Å². The van der Waals surface area contributed by atoms with E-state index in [0.29, 0.717) is 13.0 Å². The molecule has 2 aliphatic heterocycles. The van der Waals surface area contributed by atoms with Crippen LogP contribution >= 0.6 is 12.6 Å². The summed E-state index contributed by atoms with van der Waals surface area (Å²) in [7, 11) is -2.62. The molecular formula is C21H37N3O4S2. The second-order valence-corrected chi connectivity index (χ2v) is 13.7. The first kappa shape index (κ1) is 25.2. The lowest BCUT2D eigenvalue weighted by Crippen LogP contribution is -2.48. The van der Waals surface area contributed by atoms with Gasteiger partial charge in [0.05, 0.1) is 13.2 Å². The summed E-state index contributed by atoms with van der Waals surface area (Å²) >= 11 is 4.89. The number of methoxy groups -OCH3 is 1. The van der Waals surface area contributed by atoms with E-state index in [1.54, 1.807) is 0 Å². The van der Waals surface area contributed by atoms with E-state index in [9.17, 15) is 13.2 Å². The molecule has 2 rings (SSSR count). The third-order valence-corrected chi connectivity index (χ3v) is 6.84. The molecule has 0 aromatic rings. The van der Waals surface area contributed by atoms with E-state index in [0.717, 1.165) is 17.1 Å². The van der Waals surface area contributed by atoms with Crippen molar-refractivity contribution in [3.8, 4) is 0 Å². The summed E-state index contributed by atoms with van der Waals surface area (Å²) in [6, 6.07) is -0.414. The Labute approximate surface area is 187 Å². The van der Waals surface area contributed by atoms with Crippen molar-refractivity contribution in [2.75, 3.05) is 19.4 Å². The molecule has 2 heterocycles. The molecule has 0 amide bonds. The zero-order valence-corrected chi connectivity index (χ0v) is 21.4. The quantitative estimate of drug-likeness (QED) is 0.487. The van der Waals surface area contributed by atoms with Crippen LogP contribution in [0, 0.1) is 10.8 Å². The molecule has 1 saturated heterocycles. The van der Waals surface area contributed by atoms with Crippen LogP contribution in [0.25, 0.3) is 0 Å². The lowest BCUT2D eigenvalue weighted by atomic mass is 9.75. The van der Waals surface area contributed by atoms with Gasteiger partial charge in [0.1, 0.15) is 5.84 Å². The highest BCUT2D eigenvalue weighted by Crippen LogP contribution is 2.46. The van der Waals surface area contributed by atoms with Crippen LogP contribution in [-0.4, -0.2) is 61.4 Å². The number of fused-ring (bicyclic) bond motifs is 1. The predicted octanol–water partition coefficient (Wildman–Crippen LogP) is 2.99. The average Bonchev–Trinajstić information content (AvgIpc) is 2.91. The molecule has 2 unspecified atom stereocenters. The lowest BCUT2D eigenvalue weighted by molar-refractivity contribution is -0.137. The van der Waals surface area contributed by atoms with Crippen molar-refractivity contribution >= 4 is 34.5 Å². The first-order chi connectivity index (χ1) is 13.4. The van der Waals surface area contributed by atoms with Gasteiger partial charge in [-0.3, -0.25) is 9.79 Å². The normalized spacial score (nSPS) is 23.4. The number of amidine groups is 1. The predicted molar refractivity (Wildman–Crippen MR) is 124 cm³/mol. The standard InChI is InChI=1S/C21H37N3O4S2/c1-19(2,3)17-16(21(7,8)29)14-10-13(23-30(26,27)12-15(25)28-9)11-24(14)18(22-17)20(4,5)6/h13,17,23,29H,10-12H2,1-9H3. The third-order valence-electron chi connectivity index (χ3n) is 5.29. The van der Waals surface area contributed by atoms with E-state index in [1.807, 2.05) is 0 Å². The number of thiol groups is 1. The molecule has 7 nitrogen and oxygen atoms in total. The van der Waals surface area contributed by atoms with Crippen LogP contribution in [0.15, 0.2) is 16.3 Å². The number of carbonyl (C=O) groups is 1. The number of nitrogens with zero attached hydrogens (tertiary/aromatic N) is 2. The summed E-state index contributed by atoms with van der Waals surface area (Å²) in [5.74, 6) is -0.512. The van der Waals surface area contributed by atoms with E-state index in [2.05, 4.69) is 69.7 Å². The summed E-state index contributed by atoms with van der Waals surface area (Å²) in [5.41, 5.74) is 1.88. The van der Waals surface area contributed by atoms with Crippen molar-refractivity contribution in [3.63, 3.8) is 0 Å². The van der Waals surface area contributed by atoms with Gasteiger partial charge >= 0.3 is 5.97 Å². The van der Waals surface area contributed by atoms with E-state index in [4.69, 9.17) is 17.6 Å². The molecule has 30 heavy (non-hydrogen) atoms. The van der Waals surface area contributed by atoms with Crippen LogP contribution in [-0.2, 0) is 19.6 Å². The summed E-state index contributed by atoms with van der Waals surface area (Å²) in [4.78, 5) is 18.8. The van der Waals surface area contributed by atoms with Crippen LogP contribution in [0.2, 0.25) is 0 Å². The van der Waals surface area contributed by atoms with E-state index in [-0.39, 0.29) is 22.9 Å². The molecule has 172 valence electrons. The Bertz CT molecular complexity index is 856. The lowest BCUT2D eigenvalue weighted by Gasteiger charge is -2.45. The van der Waals surface area contributed by atoms with Gasteiger partial charge in [-0.1, -0.05) is 41.5 Å². The molecular weight excluding hydrogens is 422 g/mol. The Kier molecular flexibility index (Phi) is 6.83. The number of aliphatic imine (C=N–C) groups is 1. The van der Waals surface area contributed by atoms with Gasteiger partial charge in [0.25, 0.3) is 0 Å². The third kappa shape index (κ3) is 5.59. The van der Waals surface area contributed by atoms with E-state index in [1.165, 1.54) is 7.11 Å². The Hall–Kier alpha value is -1.06. The highest BCUT2D eigenvalue weighted by atomic mass is 32.2. The van der Waals surface area contributed by atoms with Crippen molar-refractivity contribution in [1.29, 1.82) is 0 Å². The zero-order valence-electron chi connectivity index (χ0n) is 19.7. The van der Waals surface area contributed by atoms with Crippen LogP contribution in [0.5, 0.6) is 0 Å². The highest BCUT2D eigenvalue weighted by Gasteiger charge is 2.47. The molecule has 0 spiro atoms. The van der Waals surface area contributed by atoms with Gasteiger partial charge in [0.2, 0.25) is 10.0 Å². The van der Waals surface area contributed by atoms with Crippen LogP contribution < -0.4 is 4.72 Å². The molecule has 2 aliphatic rings. The largest absolute Gasteiger partial charge is 0.468 e. The van der Waals surface area contributed by atoms with Gasteiger partial charge in [0.15, 0.2) is 5.75 Å². The molecule has 9 heteroatoms. The fourth-order valence-electron chi connectivity index (χ4n) is 4.12. The summed E-state index contributed by atoms with van der Waals surface area (Å²) in [5, 5.41) is 0. The summed E-state index contributed by atoms with van der Waals surface area (Å²) in [6.45, 7) is 17.5. The molecule has 1 fully saturated rings. The molecule has 0 aromatic carbocycles. The molecule has 0 radical (unpaired) electrons. The molecule has 2 atom stereocenters. The van der Waals surface area contributed by atoms with Crippen LogP contribution in [0.3, 0.4) is 0 Å². The number of nitrogens with one attached hydrogen (secondary N) is 1. The fraction of sp³-hybridized carbons (Fsp3) is 0.810. The van der Waals surface area contributed by atoms with Crippen molar-refractivity contribution in [3.05, 3.63) is 11.3 Å². The molecule has 0 aromatic heterocycles. The van der Waals surface area contributed by atoms with E-state index < -0.39 is 26.5 Å². The number of ether oxygens (including phenoxy) is 1. The topological polar surface area (TPSA) is 88.1 Å². The molecule has 1 N–H and O–H groups in total. The van der Waals surface area contributed by atoms with Gasteiger partial charge in [-0.25, -0.2) is 13.1 Å². The first-order valence-electron chi connectivity index (χ1n) is 10.3. The number of sulfonamides is 1. The van der Waals surface area contributed by atoms with E-state index >= 15 is 0 Å². The molecule has 0 saturated carbocycles. The number of esters is 1. The smallest absolute Gasteiger partial charge is 0.322 e. The maximum atomic E-state index is 12.5. The van der Waals surface area contributed by atoms with Gasteiger partial charge in [-0.15, -0.1) is 0 Å². The minimum absolute atomic E-state index is 0.0594. The van der Waals surface area contributed by atoms with Gasteiger partial charge < -0.3 is 9.64 Å². The number of carbonyl (C=O) groups excluding carboxylic acids is 1. The number of hydrogen-bond acceptors (Lipinski definition) is 7. The van der Waals surface area contributed by atoms with Crippen LogP contribution in [0.4, 0.5) is 0 Å². The Morgan fingerprint density at radius 3 is 2.20 bits per heavy atom. The Balaban J connectivity index is 2.52. The second-order valence-electron chi connectivity index (χ2n) is 10.9. The van der Waals surface area contributed by atoms with Gasteiger partial charge in [-0.05, 0) is 24.8 Å². The fourth-order valence-corrected chi connectivity index (χ4v) is 5.55. The SMILES string of the molecule is COC(=O)CS(=O)(=O)NC1CC2=C(C(C)(C)S)C(C(C)(C)C)N=C(C(C)(C)C)N2C1. The molecule has 0 bridgehead atoms. The number of hydrogen-bond donors (Lipinski definition) is 2. The Morgan fingerprint density at radius 2 is 1.77 bits per heavy atom. The monoisotopic (exact) mass is 459 g/mol. The maximum absolute atomic E-state index is 12.5. The summed E-state index contributed by atoms with van der Waals surface area (Å²) < 4.78 is 31.7. The second kappa shape index (κ2) is 8.13. The zero-order chi connectivity index (χ0) is 23.3. The van der Waals surface area contributed by atoms with Gasteiger partial charge in [-0.2, -0.15) is 12.6 Å². The van der Waals surface area contributed by atoms with Crippen molar-refractivity contribution < 1.29 is 17.9 Å². The number of rotatable bonds is 5. The maximum Gasteiger partial charge on any atom is 0.322 e. The van der Waals surface area contributed by atoms with Gasteiger partial charge in [0, 0.05) is 34.9 Å². The van der Waals surface area contributed by atoms with Crippen molar-refractivity contribution in [2.24, 2.45) is 15.8 Å². The Morgan fingerprint density at radius 1 is 1.20 bits per heavy atom. The highest BCUT2D eigenvalue weighted by molar-refractivity contribution is 7.90. The summed E-state index contributed by atoms with van der Waals surface area (Å²) in [6.07, 6.45) is 0.529. The minimum atomic E-state index is -3.80. The van der Waals surface area contributed by atoms with Crippen LogP contribution in [0.1, 0.15) is 61.8 Å².